The average Bonchev–Trinajstić information content (AvgIpc) is 2.85. The lowest BCUT2D eigenvalue weighted by Gasteiger charge is -2.14. The van der Waals surface area contributed by atoms with Crippen molar-refractivity contribution in [2.24, 2.45) is 7.05 Å². The number of nitro groups is 1. The molecule has 0 aliphatic rings. The number of aryl methyl sites for hydroxylation is 1. The predicted octanol–water partition coefficient (Wildman–Crippen LogP) is 1.16. The molecule has 0 amide bonds. The van der Waals surface area contributed by atoms with E-state index < -0.39 is 4.92 Å². The standard InChI is InChI=1S/C11H11N7O2/c1-7(11-16-14-6-17(11)2)15-10-8(4-12)3-9(5-13-10)18(19)20/h3,5-7H,1-2H3,(H,13,15). The van der Waals surface area contributed by atoms with E-state index in [1.807, 2.05) is 13.0 Å². The fraction of sp³-hybridized carbons (Fsp3) is 0.273. The number of aromatic nitrogens is 4. The molecular formula is C11H11N7O2. The Kier molecular flexibility index (Phi) is 3.56. The molecule has 9 nitrogen and oxygen atoms in total. The maximum atomic E-state index is 10.6. The van der Waals surface area contributed by atoms with E-state index in [0.29, 0.717) is 5.82 Å². The van der Waals surface area contributed by atoms with Gasteiger partial charge in [0.25, 0.3) is 5.69 Å². The number of nitriles is 1. The second kappa shape index (κ2) is 5.31. The lowest BCUT2D eigenvalue weighted by atomic mass is 10.2. The average molecular weight is 273 g/mol. The Morgan fingerprint density at radius 3 is 2.90 bits per heavy atom. The minimum Gasteiger partial charge on any atom is -0.359 e. The largest absolute Gasteiger partial charge is 0.359 e. The third kappa shape index (κ3) is 2.54. The molecule has 9 heteroatoms. The minimum absolute atomic E-state index is 0.105. The van der Waals surface area contributed by atoms with Gasteiger partial charge in [0.2, 0.25) is 0 Å². The third-order valence-corrected chi connectivity index (χ3v) is 2.69. The molecule has 2 heterocycles. The Labute approximate surface area is 114 Å². The van der Waals surface area contributed by atoms with E-state index in [-0.39, 0.29) is 23.1 Å². The summed E-state index contributed by atoms with van der Waals surface area (Å²) >= 11 is 0. The highest BCUT2D eigenvalue weighted by molar-refractivity contribution is 5.56. The summed E-state index contributed by atoms with van der Waals surface area (Å²) in [6, 6.07) is 2.82. The summed E-state index contributed by atoms with van der Waals surface area (Å²) in [4.78, 5) is 14.0. The van der Waals surface area contributed by atoms with Crippen molar-refractivity contribution >= 4 is 11.5 Å². The van der Waals surface area contributed by atoms with Crippen LogP contribution in [0.25, 0.3) is 0 Å². The van der Waals surface area contributed by atoms with E-state index >= 15 is 0 Å². The van der Waals surface area contributed by atoms with Crippen LogP contribution in [0.15, 0.2) is 18.6 Å². The molecule has 1 atom stereocenters. The minimum atomic E-state index is -0.594. The van der Waals surface area contributed by atoms with E-state index in [2.05, 4.69) is 20.5 Å². The Morgan fingerprint density at radius 2 is 2.35 bits per heavy atom. The molecule has 20 heavy (non-hydrogen) atoms. The second-order valence-electron chi connectivity index (χ2n) is 4.12. The quantitative estimate of drug-likeness (QED) is 0.654. The first-order valence-electron chi connectivity index (χ1n) is 5.68. The highest BCUT2D eigenvalue weighted by Gasteiger charge is 2.16. The summed E-state index contributed by atoms with van der Waals surface area (Å²) in [5.41, 5.74) is -0.119. The first-order chi connectivity index (χ1) is 9.52. The molecule has 0 aromatic carbocycles. The van der Waals surface area contributed by atoms with E-state index in [0.717, 1.165) is 6.20 Å². The number of pyridine rings is 1. The summed E-state index contributed by atoms with van der Waals surface area (Å²) < 4.78 is 1.73. The Morgan fingerprint density at radius 1 is 1.60 bits per heavy atom. The first kappa shape index (κ1) is 13.4. The highest BCUT2D eigenvalue weighted by Crippen LogP contribution is 2.22. The van der Waals surface area contributed by atoms with Crippen molar-refractivity contribution in [3.63, 3.8) is 0 Å². The van der Waals surface area contributed by atoms with Gasteiger partial charge in [0.1, 0.15) is 30.0 Å². The van der Waals surface area contributed by atoms with Crippen molar-refractivity contribution in [3.8, 4) is 6.07 Å². The molecule has 2 rings (SSSR count). The monoisotopic (exact) mass is 273 g/mol. The molecule has 0 aliphatic heterocycles. The van der Waals surface area contributed by atoms with Gasteiger partial charge in [0.05, 0.1) is 11.0 Å². The Balaban J connectivity index is 2.28. The molecule has 102 valence electrons. The molecule has 0 saturated carbocycles. The van der Waals surface area contributed by atoms with Gasteiger partial charge < -0.3 is 9.88 Å². The molecule has 0 aliphatic carbocycles. The van der Waals surface area contributed by atoms with Crippen LogP contribution in [-0.2, 0) is 7.05 Å². The van der Waals surface area contributed by atoms with Gasteiger partial charge in [-0.15, -0.1) is 10.2 Å². The number of hydrogen-bond acceptors (Lipinski definition) is 7. The fourth-order valence-electron chi connectivity index (χ4n) is 1.71. The van der Waals surface area contributed by atoms with E-state index in [9.17, 15) is 10.1 Å². The van der Waals surface area contributed by atoms with Crippen LogP contribution in [0.4, 0.5) is 11.5 Å². The highest BCUT2D eigenvalue weighted by atomic mass is 16.6. The summed E-state index contributed by atoms with van der Waals surface area (Å²) in [5.74, 6) is 0.933. The van der Waals surface area contributed by atoms with Crippen LogP contribution in [0, 0.1) is 21.4 Å². The first-order valence-corrected chi connectivity index (χ1v) is 5.68. The molecule has 0 bridgehead atoms. The smallest absolute Gasteiger partial charge is 0.289 e. The fourth-order valence-corrected chi connectivity index (χ4v) is 1.71. The topological polar surface area (TPSA) is 123 Å². The van der Waals surface area contributed by atoms with Crippen molar-refractivity contribution in [2.75, 3.05) is 5.32 Å². The predicted molar refractivity (Wildman–Crippen MR) is 68.6 cm³/mol. The van der Waals surface area contributed by atoms with Gasteiger partial charge in [-0.05, 0) is 6.92 Å². The Bertz CT molecular complexity index is 688. The van der Waals surface area contributed by atoms with Gasteiger partial charge in [-0.1, -0.05) is 0 Å². The van der Waals surface area contributed by atoms with Crippen LogP contribution in [0.3, 0.4) is 0 Å². The molecular weight excluding hydrogens is 262 g/mol. The van der Waals surface area contributed by atoms with Crippen molar-refractivity contribution < 1.29 is 4.92 Å². The van der Waals surface area contributed by atoms with Crippen LogP contribution in [-0.4, -0.2) is 24.7 Å². The molecule has 0 radical (unpaired) electrons. The van der Waals surface area contributed by atoms with E-state index in [4.69, 9.17) is 5.26 Å². The van der Waals surface area contributed by atoms with Gasteiger partial charge in [0, 0.05) is 13.1 Å². The number of hydrogen-bond donors (Lipinski definition) is 1. The van der Waals surface area contributed by atoms with E-state index in [1.165, 1.54) is 6.07 Å². The summed E-state index contributed by atoms with van der Waals surface area (Å²) in [6.45, 7) is 1.83. The van der Waals surface area contributed by atoms with Crippen molar-refractivity contribution in [1.29, 1.82) is 5.26 Å². The molecule has 1 unspecified atom stereocenters. The lowest BCUT2D eigenvalue weighted by Crippen LogP contribution is -2.13. The summed E-state index contributed by atoms with van der Waals surface area (Å²) in [7, 11) is 1.79. The van der Waals surface area contributed by atoms with Crippen molar-refractivity contribution in [2.45, 2.75) is 13.0 Å². The van der Waals surface area contributed by atoms with Crippen LogP contribution in [0.2, 0.25) is 0 Å². The second-order valence-corrected chi connectivity index (χ2v) is 4.12. The maximum absolute atomic E-state index is 10.6. The molecule has 1 N–H and O–H groups in total. The number of anilines is 1. The van der Waals surface area contributed by atoms with Gasteiger partial charge in [0.15, 0.2) is 5.82 Å². The number of nitrogens with one attached hydrogen (secondary N) is 1. The van der Waals surface area contributed by atoms with Crippen LogP contribution < -0.4 is 5.32 Å². The van der Waals surface area contributed by atoms with Gasteiger partial charge >= 0.3 is 0 Å². The zero-order valence-corrected chi connectivity index (χ0v) is 10.8. The number of nitrogens with zero attached hydrogens (tertiary/aromatic N) is 6. The zero-order valence-electron chi connectivity index (χ0n) is 10.8. The molecule has 0 spiro atoms. The lowest BCUT2D eigenvalue weighted by molar-refractivity contribution is -0.385. The van der Waals surface area contributed by atoms with Gasteiger partial charge in [-0.3, -0.25) is 10.1 Å². The van der Waals surface area contributed by atoms with Gasteiger partial charge in [-0.25, -0.2) is 4.98 Å². The van der Waals surface area contributed by atoms with Crippen LogP contribution >= 0.6 is 0 Å². The molecule has 2 aromatic heterocycles. The van der Waals surface area contributed by atoms with Crippen LogP contribution in [0.5, 0.6) is 0 Å². The van der Waals surface area contributed by atoms with Gasteiger partial charge in [-0.2, -0.15) is 5.26 Å². The Hall–Kier alpha value is -3.02. The van der Waals surface area contributed by atoms with Crippen molar-refractivity contribution in [3.05, 3.63) is 40.1 Å². The molecule has 0 fully saturated rings. The third-order valence-electron chi connectivity index (χ3n) is 2.69. The normalized spacial score (nSPS) is 11.7. The zero-order chi connectivity index (χ0) is 14.7. The molecule has 0 saturated heterocycles. The van der Waals surface area contributed by atoms with E-state index in [1.54, 1.807) is 17.9 Å². The summed E-state index contributed by atoms with van der Waals surface area (Å²) in [6.07, 6.45) is 2.66. The number of rotatable bonds is 4. The molecule has 2 aromatic rings. The maximum Gasteiger partial charge on any atom is 0.289 e. The SMILES string of the molecule is CC(Nc1ncc([N+](=O)[O-])cc1C#N)c1nncn1C. The summed E-state index contributed by atoms with van der Waals surface area (Å²) in [5, 5.41) is 30.4. The van der Waals surface area contributed by atoms with Crippen molar-refractivity contribution in [1.82, 2.24) is 19.7 Å². The van der Waals surface area contributed by atoms with Crippen LogP contribution in [0.1, 0.15) is 24.4 Å².